The lowest BCUT2D eigenvalue weighted by Crippen LogP contribution is -2.42. The number of hydrogen-bond acceptors (Lipinski definition) is 5. The van der Waals surface area contributed by atoms with Crippen LogP contribution in [0.1, 0.15) is 37.8 Å². The van der Waals surface area contributed by atoms with Crippen molar-refractivity contribution in [1.29, 1.82) is 0 Å². The Kier molecular flexibility index (Phi) is 7.04. The lowest BCUT2D eigenvalue weighted by molar-refractivity contribution is -0.0293. The van der Waals surface area contributed by atoms with Gasteiger partial charge in [0.2, 0.25) is 0 Å². The van der Waals surface area contributed by atoms with Crippen LogP contribution in [0.25, 0.3) is 0 Å². The van der Waals surface area contributed by atoms with E-state index in [-0.39, 0.29) is 0 Å². The quantitative estimate of drug-likeness (QED) is 0.727. The Morgan fingerprint density at radius 3 is 2.24 bits per heavy atom. The second-order valence-corrected chi connectivity index (χ2v) is 7.68. The molecule has 1 heterocycles. The summed E-state index contributed by atoms with van der Waals surface area (Å²) < 4.78 is 11.2. The number of aliphatic hydroxyl groups is 1. The van der Waals surface area contributed by atoms with Gasteiger partial charge in [-0.05, 0) is 38.8 Å². The molecule has 0 aliphatic carbocycles. The van der Waals surface area contributed by atoms with E-state index in [1.165, 1.54) is 11.3 Å². The van der Waals surface area contributed by atoms with Crippen molar-refractivity contribution in [3.63, 3.8) is 0 Å². The Balaban J connectivity index is 1.69. The number of nitrogens with zero attached hydrogens (tertiary/aromatic N) is 2. The molecular formula is C24H34N2O3. The Bertz CT molecular complexity index is 796. The molecule has 0 saturated carbocycles. The molecule has 1 N–H and O–H groups in total. The van der Waals surface area contributed by atoms with Gasteiger partial charge in [0, 0.05) is 55.6 Å². The van der Waals surface area contributed by atoms with Gasteiger partial charge in [-0.1, -0.05) is 24.3 Å². The van der Waals surface area contributed by atoms with E-state index in [1.807, 2.05) is 24.3 Å². The van der Waals surface area contributed by atoms with Gasteiger partial charge in [0.05, 0.1) is 19.8 Å². The molecular weight excluding hydrogens is 364 g/mol. The monoisotopic (exact) mass is 398 g/mol. The maximum Gasteiger partial charge on any atom is 0.125 e. The van der Waals surface area contributed by atoms with Crippen LogP contribution in [0.3, 0.4) is 0 Å². The molecule has 29 heavy (non-hydrogen) atoms. The van der Waals surface area contributed by atoms with E-state index in [0.717, 1.165) is 49.8 Å². The number of anilines is 1. The number of para-hydroxylation sites is 1. The van der Waals surface area contributed by atoms with Crippen molar-refractivity contribution in [3.8, 4) is 11.5 Å². The Morgan fingerprint density at radius 1 is 0.966 bits per heavy atom. The fourth-order valence-electron chi connectivity index (χ4n) is 4.27. The summed E-state index contributed by atoms with van der Waals surface area (Å²) in [6, 6.07) is 14.3. The highest BCUT2D eigenvalue weighted by Gasteiger charge is 2.36. The molecule has 1 aliphatic heterocycles. The average Bonchev–Trinajstić information content (AvgIpc) is 2.77. The molecule has 3 rings (SSSR count). The van der Waals surface area contributed by atoms with Crippen LogP contribution in [0.4, 0.5) is 5.69 Å². The highest BCUT2D eigenvalue weighted by Crippen LogP contribution is 2.38. The van der Waals surface area contributed by atoms with Gasteiger partial charge >= 0.3 is 0 Å². The maximum absolute atomic E-state index is 11.3. The number of hydrogen-bond donors (Lipinski definition) is 1. The third kappa shape index (κ3) is 4.68. The van der Waals surface area contributed by atoms with Crippen LogP contribution in [0.2, 0.25) is 0 Å². The highest BCUT2D eigenvalue weighted by molar-refractivity contribution is 5.53. The van der Waals surface area contributed by atoms with Crippen molar-refractivity contribution >= 4 is 5.69 Å². The Hall–Kier alpha value is -2.24. The van der Waals surface area contributed by atoms with Crippen molar-refractivity contribution in [3.05, 3.63) is 53.6 Å². The van der Waals surface area contributed by atoms with Gasteiger partial charge < -0.3 is 19.5 Å². The second-order valence-electron chi connectivity index (χ2n) is 7.68. The molecule has 2 aromatic rings. The number of ether oxygens (including phenoxy) is 2. The van der Waals surface area contributed by atoms with Crippen LogP contribution in [0.15, 0.2) is 42.5 Å². The Morgan fingerprint density at radius 2 is 1.62 bits per heavy atom. The van der Waals surface area contributed by atoms with Crippen LogP contribution >= 0.6 is 0 Å². The molecule has 1 saturated heterocycles. The van der Waals surface area contributed by atoms with Gasteiger partial charge in [-0.15, -0.1) is 0 Å². The van der Waals surface area contributed by atoms with E-state index >= 15 is 0 Å². The van der Waals surface area contributed by atoms with Crippen molar-refractivity contribution in [2.45, 2.75) is 38.8 Å². The second kappa shape index (κ2) is 9.51. The summed E-state index contributed by atoms with van der Waals surface area (Å²) in [4.78, 5) is 4.71. The summed E-state index contributed by atoms with van der Waals surface area (Å²) in [5, 5.41) is 11.3. The number of likely N-dealkylation sites (tertiary alicyclic amines) is 1. The van der Waals surface area contributed by atoms with Gasteiger partial charge in [0.1, 0.15) is 11.5 Å². The summed E-state index contributed by atoms with van der Waals surface area (Å²) in [5.41, 5.74) is 2.44. The van der Waals surface area contributed by atoms with E-state index in [9.17, 15) is 5.11 Å². The Labute approximate surface area is 174 Å². The standard InChI is InChI=1S/C24H34N2O3/c1-5-26(6-2)20-12-11-19(23(17-20)29-4)18-25-15-13-24(27,14-16-25)21-9-7-8-10-22(21)28-3/h7-12,17,27H,5-6,13-16,18H2,1-4H3. The molecule has 1 aliphatic rings. The average molecular weight is 399 g/mol. The van der Waals surface area contributed by atoms with E-state index in [2.05, 4.69) is 41.8 Å². The topological polar surface area (TPSA) is 45.2 Å². The molecule has 0 atom stereocenters. The number of rotatable bonds is 8. The minimum Gasteiger partial charge on any atom is -0.496 e. The lowest BCUT2D eigenvalue weighted by Gasteiger charge is -2.39. The molecule has 0 aromatic heterocycles. The number of piperidine rings is 1. The van der Waals surface area contributed by atoms with Gasteiger partial charge in [-0.3, -0.25) is 4.90 Å². The van der Waals surface area contributed by atoms with Crippen molar-refractivity contribution < 1.29 is 14.6 Å². The summed E-state index contributed by atoms with van der Waals surface area (Å²) >= 11 is 0. The zero-order chi connectivity index (χ0) is 20.9. The predicted molar refractivity (Wildman–Crippen MR) is 118 cm³/mol. The fraction of sp³-hybridized carbons (Fsp3) is 0.500. The minimum atomic E-state index is -0.834. The normalized spacial score (nSPS) is 16.4. The van der Waals surface area contributed by atoms with Crippen molar-refractivity contribution in [2.75, 3.05) is 45.3 Å². The molecule has 0 radical (unpaired) electrons. The fourth-order valence-corrected chi connectivity index (χ4v) is 4.27. The third-order valence-electron chi connectivity index (χ3n) is 6.08. The molecule has 0 spiro atoms. The molecule has 5 nitrogen and oxygen atoms in total. The van der Waals surface area contributed by atoms with Crippen LogP contribution < -0.4 is 14.4 Å². The van der Waals surface area contributed by atoms with Gasteiger partial charge in [-0.25, -0.2) is 0 Å². The molecule has 5 heteroatoms. The molecule has 0 unspecified atom stereocenters. The first-order valence-corrected chi connectivity index (χ1v) is 10.5. The van der Waals surface area contributed by atoms with Crippen molar-refractivity contribution in [1.82, 2.24) is 4.90 Å². The van der Waals surface area contributed by atoms with E-state index in [4.69, 9.17) is 9.47 Å². The van der Waals surface area contributed by atoms with Crippen LogP contribution in [0.5, 0.6) is 11.5 Å². The van der Waals surface area contributed by atoms with Crippen LogP contribution in [-0.4, -0.2) is 50.4 Å². The first-order chi connectivity index (χ1) is 14.0. The van der Waals surface area contributed by atoms with E-state index in [0.29, 0.717) is 12.8 Å². The van der Waals surface area contributed by atoms with Crippen LogP contribution in [-0.2, 0) is 12.1 Å². The van der Waals surface area contributed by atoms with Gasteiger partial charge in [0.15, 0.2) is 0 Å². The summed E-state index contributed by atoms with van der Waals surface area (Å²) in [5.74, 6) is 1.69. The molecule has 0 bridgehead atoms. The van der Waals surface area contributed by atoms with E-state index < -0.39 is 5.60 Å². The van der Waals surface area contributed by atoms with E-state index in [1.54, 1.807) is 14.2 Å². The first kappa shape index (κ1) is 21.5. The molecule has 0 amide bonds. The van der Waals surface area contributed by atoms with Gasteiger partial charge in [0.25, 0.3) is 0 Å². The summed E-state index contributed by atoms with van der Waals surface area (Å²) in [6.45, 7) is 8.77. The molecule has 1 fully saturated rings. The third-order valence-corrected chi connectivity index (χ3v) is 6.08. The summed E-state index contributed by atoms with van der Waals surface area (Å²) in [6.07, 6.45) is 1.38. The largest absolute Gasteiger partial charge is 0.496 e. The SMILES string of the molecule is CCN(CC)c1ccc(CN2CCC(O)(c3ccccc3OC)CC2)c(OC)c1. The predicted octanol–water partition coefficient (Wildman–Crippen LogP) is 4.03. The van der Waals surface area contributed by atoms with Crippen LogP contribution in [0, 0.1) is 0 Å². The smallest absolute Gasteiger partial charge is 0.125 e. The summed E-state index contributed by atoms with van der Waals surface area (Å²) in [7, 11) is 3.40. The maximum atomic E-state index is 11.3. The first-order valence-electron chi connectivity index (χ1n) is 10.5. The molecule has 2 aromatic carbocycles. The zero-order valence-corrected chi connectivity index (χ0v) is 18.1. The lowest BCUT2D eigenvalue weighted by atomic mass is 9.83. The number of methoxy groups -OCH3 is 2. The zero-order valence-electron chi connectivity index (χ0n) is 18.1. The van der Waals surface area contributed by atoms with Gasteiger partial charge in [-0.2, -0.15) is 0 Å². The molecule has 158 valence electrons. The number of benzene rings is 2. The highest BCUT2D eigenvalue weighted by atomic mass is 16.5. The van der Waals surface area contributed by atoms with Crippen molar-refractivity contribution in [2.24, 2.45) is 0 Å². The minimum absolute atomic E-state index is 0.688.